The number of imide groups is 1. The van der Waals surface area contributed by atoms with Gasteiger partial charge in [-0.25, -0.2) is 0 Å². The molecule has 154 valence electrons. The van der Waals surface area contributed by atoms with Gasteiger partial charge in [0.1, 0.15) is 6.54 Å². The Morgan fingerprint density at radius 2 is 1.97 bits per heavy atom. The number of aromatic hydroxyl groups is 1. The summed E-state index contributed by atoms with van der Waals surface area (Å²) in [5.41, 5.74) is -0.0724. The molecular formula is C19H15N3O7S. The molecule has 0 spiro atoms. The van der Waals surface area contributed by atoms with Gasteiger partial charge in [0.15, 0.2) is 5.75 Å². The number of phenols is 1. The molecule has 2 aromatic carbocycles. The van der Waals surface area contributed by atoms with Gasteiger partial charge in [0.05, 0.1) is 22.5 Å². The lowest BCUT2D eigenvalue weighted by atomic mass is 10.1. The lowest BCUT2D eigenvalue weighted by Crippen LogP contribution is -2.36. The number of rotatable bonds is 6. The van der Waals surface area contributed by atoms with Gasteiger partial charge in [-0.1, -0.05) is 18.2 Å². The zero-order chi connectivity index (χ0) is 21.8. The monoisotopic (exact) mass is 429 g/mol. The fourth-order valence-corrected chi connectivity index (χ4v) is 3.55. The van der Waals surface area contributed by atoms with Gasteiger partial charge >= 0.3 is 5.69 Å². The highest BCUT2D eigenvalue weighted by Gasteiger charge is 2.37. The number of benzene rings is 2. The molecule has 10 nitrogen and oxygen atoms in total. The number of nitro groups is 1. The molecule has 3 rings (SSSR count). The van der Waals surface area contributed by atoms with Crippen molar-refractivity contribution in [2.24, 2.45) is 0 Å². The minimum absolute atomic E-state index is 0.0334. The second kappa shape index (κ2) is 8.66. The quantitative estimate of drug-likeness (QED) is 0.406. The van der Waals surface area contributed by atoms with Crippen LogP contribution in [0.25, 0.3) is 6.08 Å². The first-order chi connectivity index (χ1) is 14.3. The fraction of sp³-hybridized carbons (Fsp3) is 0.105. The van der Waals surface area contributed by atoms with Crippen LogP contribution in [0.1, 0.15) is 5.56 Å². The van der Waals surface area contributed by atoms with Crippen molar-refractivity contribution in [3.05, 3.63) is 63.0 Å². The molecule has 2 N–H and O–H groups in total. The maximum Gasteiger partial charge on any atom is 0.322 e. The minimum atomic E-state index is -0.762. The molecule has 0 aliphatic carbocycles. The third-order valence-corrected chi connectivity index (χ3v) is 4.96. The summed E-state index contributed by atoms with van der Waals surface area (Å²) in [6, 6.07) is 10.9. The zero-order valence-electron chi connectivity index (χ0n) is 15.5. The van der Waals surface area contributed by atoms with E-state index in [1.165, 1.54) is 12.1 Å². The molecular weight excluding hydrogens is 414 g/mol. The molecule has 1 heterocycles. The molecule has 0 bridgehead atoms. The second-order valence-electron chi connectivity index (χ2n) is 5.99. The van der Waals surface area contributed by atoms with Gasteiger partial charge < -0.3 is 15.2 Å². The van der Waals surface area contributed by atoms with Crippen LogP contribution >= 0.6 is 11.8 Å². The highest BCUT2D eigenvalue weighted by atomic mass is 32.2. The van der Waals surface area contributed by atoms with E-state index in [9.17, 15) is 29.6 Å². The largest absolute Gasteiger partial charge is 0.504 e. The molecule has 11 heteroatoms. The first-order valence-corrected chi connectivity index (χ1v) is 9.28. The van der Waals surface area contributed by atoms with Crippen LogP contribution in [0.3, 0.4) is 0 Å². The molecule has 0 aromatic heterocycles. The molecule has 0 atom stereocenters. The summed E-state index contributed by atoms with van der Waals surface area (Å²) >= 11 is 0.556. The molecule has 1 aliphatic rings. The topological polar surface area (TPSA) is 139 Å². The van der Waals surface area contributed by atoms with Crippen LogP contribution < -0.4 is 10.1 Å². The Labute approximate surface area is 174 Å². The maximum atomic E-state index is 12.6. The van der Waals surface area contributed by atoms with Crippen molar-refractivity contribution in [1.29, 1.82) is 0 Å². The molecule has 0 radical (unpaired) electrons. The van der Waals surface area contributed by atoms with Crippen LogP contribution in [0, 0.1) is 10.1 Å². The fourth-order valence-electron chi connectivity index (χ4n) is 2.72. The molecule has 0 unspecified atom stereocenters. The Morgan fingerprint density at radius 3 is 2.60 bits per heavy atom. The number of nitro benzene ring substituents is 1. The van der Waals surface area contributed by atoms with Crippen LogP contribution in [0.2, 0.25) is 0 Å². The standard InChI is InChI=1S/C19H15N3O7S/c1-29-17-13(23)8-7-11(16(17)22(27)28)9-14-18(25)21(19(26)30-14)10-15(24)20-12-5-3-2-4-6-12/h2-9,23H,10H2,1H3,(H,20,24)/b14-9-. The van der Waals surface area contributed by atoms with Crippen LogP contribution in [-0.2, 0) is 9.59 Å². The molecule has 1 saturated heterocycles. The number of hydrogen-bond acceptors (Lipinski definition) is 8. The number of amides is 3. The Hall–Kier alpha value is -3.86. The van der Waals surface area contributed by atoms with E-state index in [-0.39, 0.29) is 16.2 Å². The normalized spacial score (nSPS) is 14.8. The number of ether oxygens (including phenoxy) is 1. The predicted octanol–water partition coefficient (Wildman–Crippen LogP) is 2.98. The number of phenolic OH excluding ortho intramolecular Hbond substituents is 1. The first kappa shape index (κ1) is 20.9. The number of para-hydroxylation sites is 1. The Balaban J connectivity index is 1.83. The van der Waals surface area contributed by atoms with Gasteiger partial charge in [0.2, 0.25) is 11.7 Å². The lowest BCUT2D eigenvalue weighted by Gasteiger charge is -2.12. The van der Waals surface area contributed by atoms with E-state index < -0.39 is 40.0 Å². The number of methoxy groups -OCH3 is 1. The Morgan fingerprint density at radius 1 is 1.27 bits per heavy atom. The second-order valence-corrected chi connectivity index (χ2v) is 6.99. The Bertz CT molecular complexity index is 1070. The molecule has 0 saturated carbocycles. The van der Waals surface area contributed by atoms with Crippen molar-refractivity contribution < 1.29 is 29.2 Å². The SMILES string of the molecule is COc1c(O)ccc(/C=C2\SC(=O)N(CC(=O)Nc3ccccc3)C2=O)c1[N+](=O)[O-]. The number of anilines is 1. The van der Waals surface area contributed by atoms with E-state index in [2.05, 4.69) is 5.32 Å². The molecule has 2 aromatic rings. The molecule has 1 fully saturated rings. The van der Waals surface area contributed by atoms with Gasteiger partial charge in [0, 0.05) is 5.69 Å². The van der Waals surface area contributed by atoms with E-state index in [4.69, 9.17) is 4.74 Å². The minimum Gasteiger partial charge on any atom is -0.504 e. The summed E-state index contributed by atoms with van der Waals surface area (Å²) in [7, 11) is 1.16. The number of carbonyl (C=O) groups is 3. The van der Waals surface area contributed by atoms with Crippen molar-refractivity contribution in [2.45, 2.75) is 0 Å². The molecule has 1 aliphatic heterocycles. The van der Waals surface area contributed by atoms with Crippen LogP contribution in [0.5, 0.6) is 11.5 Å². The molecule has 3 amide bonds. The first-order valence-electron chi connectivity index (χ1n) is 8.46. The van der Waals surface area contributed by atoms with Crippen molar-refractivity contribution in [1.82, 2.24) is 4.90 Å². The van der Waals surface area contributed by atoms with E-state index >= 15 is 0 Å². The summed E-state index contributed by atoms with van der Waals surface area (Å²) in [6.45, 7) is -0.502. The highest BCUT2D eigenvalue weighted by Crippen LogP contribution is 2.41. The highest BCUT2D eigenvalue weighted by molar-refractivity contribution is 8.18. The summed E-state index contributed by atoms with van der Waals surface area (Å²) in [4.78, 5) is 48.3. The van der Waals surface area contributed by atoms with E-state index in [0.717, 1.165) is 18.1 Å². The smallest absolute Gasteiger partial charge is 0.322 e. The van der Waals surface area contributed by atoms with Crippen LogP contribution in [-0.4, -0.2) is 45.6 Å². The zero-order valence-corrected chi connectivity index (χ0v) is 16.3. The van der Waals surface area contributed by atoms with Gasteiger partial charge in [-0.2, -0.15) is 0 Å². The van der Waals surface area contributed by atoms with Crippen LogP contribution in [0.15, 0.2) is 47.4 Å². The third kappa shape index (κ3) is 4.25. The van der Waals surface area contributed by atoms with Gasteiger partial charge in [-0.15, -0.1) is 0 Å². The van der Waals surface area contributed by atoms with Gasteiger partial charge in [-0.05, 0) is 42.1 Å². The number of thioether (sulfide) groups is 1. The van der Waals surface area contributed by atoms with Crippen molar-refractivity contribution in [2.75, 3.05) is 19.0 Å². The van der Waals surface area contributed by atoms with Crippen molar-refractivity contribution >= 4 is 46.3 Å². The number of nitrogens with one attached hydrogen (secondary N) is 1. The number of carbonyl (C=O) groups excluding carboxylic acids is 3. The summed E-state index contributed by atoms with van der Waals surface area (Å²) < 4.78 is 4.88. The van der Waals surface area contributed by atoms with Gasteiger partial charge in [0.25, 0.3) is 11.1 Å². The van der Waals surface area contributed by atoms with Gasteiger partial charge in [-0.3, -0.25) is 29.4 Å². The summed E-state index contributed by atoms with van der Waals surface area (Å²) in [5.74, 6) is -2.13. The molecule has 30 heavy (non-hydrogen) atoms. The number of nitrogens with zero attached hydrogens (tertiary/aromatic N) is 2. The average Bonchev–Trinajstić information content (AvgIpc) is 2.96. The predicted molar refractivity (Wildman–Crippen MR) is 109 cm³/mol. The summed E-state index contributed by atoms with van der Waals surface area (Å²) in [6.07, 6.45) is 1.15. The van der Waals surface area contributed by atoms with Crippen molar-refractivity contribution in [3.63, 3.8) is 0 Å². The van der Waals surface area contributed by atoms with E-state index in [1.807, 2.05) is 0 Å². The average molecular weight is 429 g/mol. The number of hydrogen-bond donors (Lipinski definition) is 2. The summed E-state index contributed by atoms with van der Waals surface area (Å²) in [5, 5.41) is 23.1. The van der Waals surface area contributed by atoms with Crippen LogP contribution in [0.4, 0.5) is 16.2 Å². The van der Waals surface area contributed by atoms with E-state index in [1.54, 1.807) is 30.3 Å². The third-order valence-electron chi connectivity index (χ3n) is 4.05. The lowest BCUT2D eigenvalue weighted by molar-refractivity contribution is -0.386. The maximum absolute atomic E-state index is 12.6. The Kier molecular flexibility index (Phi) is 6.02. The van der Waals surface area contributed by atoms with E-state index in [0.29, 0.717) is 17.4 Å². The van der Waals surface area contributed by atoms with Crippen molar-refractivity contribution in [3.8, 4) is 11.5 Å².